The molecule has 4 aliphatic rings. The first-order valence-electron chi connectivity index (χ1n) is 12.1. The smallest absolute Gasteiger partial charge is 0.173 e. The number of benzene rings is 1. The third-order valence-corrected chi connectivity index (χ3v) is 11.1. The minimum Gasteiger partial charge on any atom is -0.298 e. The fourth-order valence-electron chi connectivity index (χ4n) is 7.96. The Kier molecular flexibility index (Phi) is 4.26. The van der Waals surface area contributed by atoms with Crippen LogP contribution in [0.3, 0.4) is 0 Å². The molecule has 0 saturated heterocycles. The standard InChI is InChI=1S/C28H34O4/c1-25(2)17-10-12-27(25,5)23(31)19(17)21(29)15-8-7-9-16(14-15)22(30)20-18-11-13-28(6,24(20)32)26(18,3)4/h7-9,14,17-20H,10-13H2,1-6H3. The number of rotatable bonds is 4. The molecule has 4 nitrogen and oxygen atoms in total. The first-order chi connectivity index (χ1) is 14.8. The van der Waals surface area contributed by atoms with Gasteiger partial charge in [-0.2, -0.15) is 0 Å². The van der Waals surface area contributed by atoms with E-state index in [0.29, 0.717) is 11.1 Å². The summed E-state index contributed by atoms with van der Waals surface area (Å²) in [6, 6.07) is 6.77. The molecule has 4 heteroatoms. The van der Waals surface area contributed by atoms with Gasteiger partial charge in [-0.25, -0.2) is 0 Å². The number of Topliss-reactive ketones (excluding diaryl/α,β-unsaturated/α-hetero) is 4. The number of carbonyl (C=O) groups excluding carboxylic acids is 4. The van der Waals surface area contributed by atoms with Gasteiger partial charge in [0.25, 0.3) is 0 Å². The van der Waals surface area contributed by atoms with Crippen molar-refractivity contribution in [1.82, 2.24) is 0 Å². The van der Waals surface area contributed by atoms with Gasteiger partial charge in [0.1, 0.15) is 11.6 Å². The topological polar surface area (TPSA) is 68.3 Å². The van der Waals surface area contributed by atoms with Gasteiger partial charge in [0.2, 0.25) is 0 Å². The van der Waals surface area contributed by atoms with Crippen molar-refractivity contribution in [2.75, 3.05) is 0 Å². The van der Waals surface area contributed by atoms with E-state index in [2.05, 4.69) is 27.7 Å². The number of ketones is 4. The van der Waals surface area contributed by atoms with Gasteiger partial charge in [-0.15, -0.1) is 0 Å². The Morgan fingerprint density at radius 1 is 0.719 bits per heavy atom. The van der Waals surface area contributed by atoms with E-state index in [-0.39, 0.29) is 45.8 Å². The van der Waals surface area contributed by atoms with Gasteiger partial charge < -0.3 is 0 Å². The maximum absolute atomic E-state index is 13.5. The van der Waals surface area contributed by atoms with Crippen LogP contribution in [-0.4, -0.2) is 23.1 Å². The highest BCUT2D eigenvalue weighted by molar-refractivity contribution is 6.17. The van der Waals surface area contributed by atoms with E-state index in [0.717, 1.165) is 25.7 Å². The van der Waals surface area contributed by atoms with Gasteiger partial charge in [0.05, 0.1) is 11.8 Å². The van der Waals surface area contributed by atoms with Crippen molar-refractivity contribution in [3.63, 3.8) is 0 Å². The summed E-state index contributed by atoms with van der Waals surface area (Å²) in [7, 11) is 0. The molecule has 4 aliphatic carbocycles. The maximum Gasteiger partial charge on any atom is 0.173 e. The SMILES string of the molecule is CC12CCC(C(C(=O)c3cccc(C(=O)C4C(=O)C5(C)CCC4C5(C)C)c3)C1=O)C2(C)C. The van der Waals surface area contributed by atoms with Crippen molar-refractivity contribution in [2.24, 2.45) is 45.3 Å². The van der Waals surface area contributed by atoms with Crippen LogP contribution in [0.25, 0.3) is 0 Å². The average molecular weight is 435 g/mol. The fourth-order valence-corrected chi connectivity index (χ4v) is 7.96. The molecular weight excluding hydrogens is 400 g/mol. The molecule has 6 atom stereocenters. The van der Waals surface area contributed by atoms with Crippen LogP contribution in [0.1, 0.15) is 87.9 Å². The highest BCUT2D eigenvalue weighted by atomic mass is 16.2. The molecule has 0 N–H and O–H groups in total. The van der Waals surface area contributed by atoms with Crippen molar-refractivity contribution in [2.45, 2.75) is 67.2 Å². The number of hydrogen-bond donors (Lipinski definition) is 0. The summed E-state index contributed by atoms with van der Waals surface area (Å²) in [6.07, 6.45) is 3.45. The normalized spacial score (nSPS) is 40.8. The first kappa shape index (κ1) is 21.7. The summed E-state index contributed by atoms with van der Waals surface area (Å²) in [5.41, 5.74) is -0.475. The molecule has 0 radical (unpaired) electrons. The van der Waals surface area contributed by atoms with E-state index >= 15 is 0 Å². The van der Waals surface area contributed by atoms with Crippen molar-refractivity contribution < 1.29 is 19.2 Å². The lowest BCUT2D eigenvalue weighted by molar-refractivity contribution is -0.131. The lowest BCUT2D eigenvalue weighted by Gasteiger charge is -2.32. The second-order valence-corrected chi connectivity index (χ2v) is 12.4. The van der Waals surface area contributed by atoms with Crippen LogP contribution in [0.5, 0.6) is 0 Å². The van der Waals surface area contributed by atoms with Crippen LogP contribution in [0.4, 0.5) is 0 Å². The summed E-state index contributed by atoms with van der Waals surface area (Å²) in [5, 5.41) is 0. The van der Waals surface area contributed by atoms with Gasteiger partial charge in [-0.3, -0.25) is 19.2 Å². The Morgan fingerprint density at radius 2 is 1.09 bits per heavy atom. The largest absolute Gasteiger partial charge is 0.298 e. The van der Waals surface area contributed by atoms with Gasteiger partial charge in [-0.05, 0) is 54.4 Å². The highest BCUT2D eigenvalue weighted by Crippen LogP contribution is 2.67. The second kappa shape index (κ2) is 6.27. The van der Waals surface area contributed by atoms with Gasteiger partial charge in [-0.1, -0.05) is 59.7 Å². The molecule has 0 heterocycles. The van der Waals surface area contributed by atoms with Crippen LogP contribution >= 0.6 is 0 Å². The molecule has 1 aromatic carbocycles. The summed E-state index contributed by atoms with van der Waals surface area (Å²) in [6.45, 7) is 12.5. The summed E-state index contributed by atoms with van der Waals surface area (Å²) >= 11 is 0. The van der Waals surface area contributed by atoms with Crippen LogP contribution in [-0.2, 0) is 9.59 Å². The third-order valence-electron chi connectivity index (χ3n) is 11.1. The minimum absolute atomic E-state index is 0.0414. The zero-order valence-corrected chi connectivity index (χ0v) is 20.1. The fraction of sp³-hybridized carbons (Fsp3) is 0.643. The third kappa shape index (κ3) is 2.29. The molecule has 170 valence electrons. The second-order valence-electron chi connectivity index (χ2n) is 12.4. The zero-order chi connectivity index (χ0) is 23.4. The first-order valence-corrected chi connectivity index (χ1v) is 12.1. The van der Waals surface area contributed by atoms with Crippen LogP contribution in [0.15, 0.2) is 24.3 Å². The maximum atomic E-state index is 13.5. The predicted molar refractivity (Wildman–Crippen MR) is 121 cm³/mol. The molecule has 4 fully saturated rings. The van der Waals surface area contributed by atoms with Crippen molar-refractivity contribution in [3.8, 4) is 0 Å². The molecule has 0 amide bonds. The van der Waals surface area contributed by atoms with E-state index in [1.807, 2.05) is 13.8 Å². The molecule has 4 saturated carbocycles. The number of carbonyl (C=O) groups is 4. The molecular formula is C28H34O4. The van der Waals surface area contributed by atoms with E-state index < -0.39 is 22.7 Å². The van der Waals surface area contributed by atoms with Crippen molar-refractivity contribution in [3.05, 3.63) is 35.4 Å². The average Bonchev–Trinajstić information content (AvgIpc) is 3.23. The van der Waals surface area contributed by atoms with Crippen LogP contribution in [0, 0.1) is 45.3 Å². The lowest BCUT2D eigenvalue weighted by atomic mass is 9.70. The monoisotopic (exact) mass is 434 g/mol. The molecule has 5 rings (SSSR count). The Hall–Kier alpha value is -2.10. The molecule has 4 bridgehead atoms. The Bertz CT molecular complexity index is 997. The minimum atomic E-state index is -0.629. The Labute approximate surface area is 190 Å². The Balaban J connectivity index is 1.45. The van der Waals surface area contributed by atoms with Crippen LogP contribution < -0.4 is 0 Å². The Morgan fingerprint density at radius 3 is 1.41 bits per heavy atom. The molecule has 6 unspecified atom stereocenters. The summed E-state index contributed by atoms with van der Waals surface area (Å²) in [5.74, 6) is -1.40. The predicted octanol–water partition coefficient (Wildman–Crippen LogP) is 5.33. The summed E-state index contributed by atoms with van der Waals surface area (Å²) in [4.78, 5) is 53.5. The molecule has 0 aliphatic heterocycles. The van der Waals surface area contributed by atoms with Gasteiger partial charge in [0.15, 0.2) is 11.6 Å². The highest BCUT2D eigenvalue weighted by Gasteiger charge is 2.69. The van der Waals surface area contributed by atoms with Gasteiger partial charge >= 0.3 is 0 Å². The van der Waals surface area contributed by atoms with E-state index in [1.165, 1.54) is 0 Å². The molecule has 0 aromatic heterocycles. The number of fused-ring (bicyclic) bond motifs is 4. The number of hydrogen-bond acceptors (Lipinski definition) is 4. The van der Waals surface area contributed by atoms with Crippen LogP contribution in [0.2, 0.25) is 0 Å². The zero-order valence-electron chi connectivity index (χ0n) is 20.1. The van der Waals surface area contributed by atoms with E-state index in [4.69, 9.17) is 0 Å². The lowest BCUT2D eigenvalue weighted by Crippen LogP contribution is -2.36. The van der Waals surface area contributed by atoms with Gasteiger partial charge in [0, 0.05) is 22.0 Å². The van der Waals surface area contributed by atoms with E-state index in [1.54, 1.807) is 24.3 Å². The van der Waals surface area contributed by atoms with Crippen molar-refractivity contribution >= 4 is 23.1 Å². The van der Waals surface area contributed by atoms with Crippen molar-refractivity contribution in [1.29, 1.82) is 0 Å². The summed E-state index contributed by atoms with van der Waals surface area (Å²) < 4.78 is 0. The van der Waals surface area contributed by atoms with E-state index in [9.17, 15) is 19.2 Å². The molecule has 1 aromatic rings. The molecule has 32 heavy (non-hydrogen) atoms. The molecule has 0 spiro atoms. The quantitative estimate of drug-likeness (QED) is 0.474.